The zero-order valence-corrected chi connectivity index (χ0v) is 9.99. The third-order valence-electron chi connectivity index (χ3n) is 3.43. The summed E-state index contributed by atoms with van der Waals surface area (Å²) in [5, 5.41) is 18.9. The standard InChI is InChI=1S/C13H16O4/c1-8-5-10(14)9(6-11(8)17-2)13(3-4-13)7-12(15)16/h5-6,14H,3-4,7H2,1-2H3,(H,15,16). The molecule has 1 aromatic carbocycles. The summed E-state index contributed by atoms with van der Waals surface area (Å²) in [4.78, 5) is 10.8. The Labute approximate surface area is 99.8 Å². The number of phenolic OH excluding ortho intramolecular Hbond substituents is 1. The summed E-state index contributed by atoms with van der Waals surface area (Å²) < 4.78 is 5.21. The van der Waals surface area contributed by atoms with Gasteiger partial charge in [-0.25, -0.2) is 0 Å². The summed E-state index contributed by atoms with van der Waals surface area (Å²) in [7, 11) is 1.57. The third-order valence-corrected chi connectivity index (χ3v) is 3.43. The lowest BCUT2D eigenvalue weighted by Crippen LogP contribution is -2.13. The molecule has 1 saturated carbocycles. The van der Waals surface area contributed by atoms with Crippen LogP contribution >= 0.6 is 0 Å². The summed E-state index contributed by atoms with van der Waals surface area (Å²) >= 11 is 0. The lowest BCUT2D eigenvalue weighted by Gasteiger charge is -2.17. The minimum Gasteiger partial charge on any atom is -0.508 e. The van der Waals surface area contributed by atoms with Crippen LogP contribution in [0, 0.1) is 6.92 Å². The van der Waals surface area contributed by atoms with Gasteiger partial charge in [0.25, 0.3) is 0 Å². The fourth-order valence-electron chi connectivity index (χ4n) is 2.30. The largest absolute Gasteiger partial charge is 0.508 e. The van der Waals surface area contributed by atoms with Gasteiger partial charge < -0.3 is 14.9 Å². The molecule has 92 valence electrons. The second-order valence-corrected chi connectivity index (χ2v) is 4.69. The number of carboxylic acid groups (broad SMARTS) is 1. The Bertz CT molecular complexity index is 461. The molecule has 2 N–H and O–H groups in total. The Morgan fingerprint density at radius 3 is 2.59 bits per heavy atom. The summed E-state index contributed by atoms with van der Waals surface area (Å²) in [5.41, 5.74) is 1.15. The van der Waals surface area contributed by atoms with Gasteiger partial charge in [-0.15, -0.1) is 0 Å². The van der Waals surface area contributed by atoms with Gasteiger partial charge >= 0.3 is 5.97 Å². The summed E-state index contributed by atoms with van der Waals surface area (Å²) in [5.74, 6) is 0.0259. The first-order valence-electron chi connectivity index (χ1n) is 5.58. The molecule has 1 aromatic rings. The Kier molecular flexibility index (Phi) is 2.73. The predicted molar refractivity (Wildman–Crippen MR) is 62.6 cm³/mol. The molecule has 0 bridgehead atoms. The zero-order valence-electron chi connectivity index (χ0n) is 9.99. The van der Waals surface area contributed by atoms with Gasteiger partial charge in [-0.3, -0.25) is 4.79 Å². The van der Waals surface area contributed by atoms with Crippen LogP contribution in [0.1, 0.15) is 30.4 Å². The lowest BCUT2D eigenvalue weighted by atomic mass is 9.90. The molecule has 0 saturated heterocycles. The van der Waals surface area contributed by atoms with Crippen molar-refractivity contribution in [1.29, 1.82) is 0 Å². The number of aromatic hydroxyl groups is 1. The van der Waals surface area contributed by atoms with Crippen LogP contribution in [0.4, 0.5) is 0 Å². The van der Waals surface area contributed by atoms with Crippen molar-refractivity contribution in [3.63, 3.8) is 0 Å². The van der Waals surface area contributed by atoms with E-state index in [0.717, 1.165) is 18.4 Å². The number of carbonyl (C=O) groups is 1. The van der Waals surface area contributed by atoms with Crippen LogP contribution in [0.3, 0.4) is 0 Å². The highest BCUT2D eigenvalue weighted by atomic mass is 16.5. The van der Waals surface area contributed by atoms with Crippen molar-refractivity contribution in [1.82, 2.24) is 0 Å². The number of methoxy groups -OCH3 is 1. The summed E-state index contributed by atoms with van der Waals surface area (Å²) in [6, 6.07) is 3.40. The van der Waals surface area contributed by atoms with Crippen molar-refractivity contribution in [3.05, 3.63) is 23.3 Å². The van der Waals surface area contributed by atoms with E-state index >= 15 is 0 Å². The molecule has 0 amide bonds. The predicted octanol–water partition coefficient (Wildman–Crippen LogP) is 2.22. The van der Waals surface area contributed by atoms with Crippen LogP contribution in [-0.4, -0.2) is 23.3 Å². The summed E-state index contributed by atoms with van der Waals surface area (Å²) in [6.07, 6.45) is 1.67. The number of carboxylic acids is 1. The Hall–Kier alpha value is -1.71. The zero-order chi connectivity index (χ0) is 12.6. The summed E-state index contributed by atoms with van der Waals surface area (Å²) in [6.45, 7) is 1.85. The topological polar surface area (TPSA) is 66.8 Å². The van der Waals surface area contributed by atoms with Crippen LogP contribution < -0.4 is 4.74 Å². The normalized spacial score (nSPS) is 16.6. The number of benzene rings is 1. The van der Waals surface area contributed by atoms with Crippen LogP contribution in [-0.2, 0) is 10.2 Å². The van der Waals surface area contributed by atoms with Crippen LogP contribution in [0.2, 0.25) is 0 Å². The van der Waals surface area contributed by atoms with Crippen LogP contribution in [0.25, 0.3) is 0 Å². The molecule has 1 aliphatic rings. The highest BCUT2D eigenvalue weighted by molar-refractivity contribution is 5.71. The Morgan fingerprint density at radius 1 is 1.47 bits per heavy atom. The van der Waals surface area contributed by atoms with Crippen LogP contribution in [0.5, 0.6) is 11.5 Å². The highest BCUT2D eigenvalue weighted by Crippen LogP contribution is 2.54. The molecular weight excluding hydrogens is 220 g/mol. The monoisotopic (exact) mass is 236 g/mol. The molecule has 1 fully saturated rings. The van der Waals surface area contributed by atoms with Crippen molar-refractivity contribution in [2.45, 2.75) is 31.6 Å². The fourth-order valence-corrected chi connectivity index (χ4v) is 2.30. The maximum absolute atomic E-state index is 10.8. The number of phenols is 1. The van der Waals surface area contributed by atoms with E-state index in [1.165, 1.54) is 0 Å². The smallest absolute Gasteiger partial charge is 0.304 e. The molecule has 0 spiro atoms. The van der Waals surface area contributed by atoms with Crippen molar-refractivity contribution < 1.29 is 19.7 Å². The van der Waals surface area contributed by atoms with Gasteiger partial charge in [-0.1, -0.05) is 0 Å². The molecule has 0 heterocycles. The van der Waals surface area contributed by atoms with E-state index in [4.69, 9.17) is 9.84 Å². The van der Waals surface area contributed by atoms with Gasteiger partial charge in [0.05, 0.1) is 13.5 Å². The first kappa shape index (κ1) is 11.8. The van der Waals surface area contributed by atoms with Gasteiger partial charge in [0.1, 0.15) is 11.5 Å². The first-order chi connectivity index (χ1) is 7.98. The second-order valence-electron chi connectivity index (χ2n) is 4.69. The van der Waals surface area contributed by atoms with E-state index in [2.05, 4.69) is 0 Å². The second kappa shape index (κ2) is 3.95. The number of aryl methyl sites for hydroxylation is 1. The molecule has 17 heavy (non-hydrogen) atoms. The highest BCUT2D eigenvalue weighted by Gasteiger charge is 2.47. The maximum Gasteiger partial charge on any atom is 0.304 e. The third kappa shape index (κ3) is 2.07. The number of hydrogen-bond donors (Lipinski definition) is 2. The molecule has 1 aliphatic carbocycles. The molecule has 0 aliphatic heterocycles. The fraction of sp³-hybridized carbons (Fsp3) is 0.462. The first-order valence-corrected chi connectivity index (χ1v) is 5.58. The van der Waals surface area contributed by atoms with Crippen molar-refractivity contribution in [2.75, 3.05) is 7.11 Å². The minimum absolute atomic E-state index is 0.0623. The van der Waals surface area contributed by atoms with E-state index in [9.17, 15) is 9.90 Å². The maximum atomic E-state index is 10.8. The molecular formula is C13H16O4. The van der Waals surface area contributed by atoms with E-state index in [-0.39, 0.29) is 12.2 Å². The van der Waals surface area contributed by atoms with Gasteiger partial charge in [-0.05, 0) is 37.5 Å². The minimum atomic E-state index is -0.832. The van der Waals surface area contributed by atoms with Crippen LogP contribution in [0.15, 0.2) is 12.1 Å². The van der Waals surface area contributed by atoms with Gasteiger partial charge in [0.2, 0.25) is 0 Å². The average molecular weight is 236 g/mol. The quantitative estimate of drug-likeness (QED) is 0.841. The molecule has 0 atom stereocenters. The molecule has 0 unspecified atom stereocenters. The molecule has 2 rings (SSSR count). The average Bonchev–Trinajstić information content (AvgIpc) is 2.97. The van der Waals surface area contributed by atoms with Crippen molar-refractivity contribution in [2.24, 2.45) is 0 Å². The van der Waals surface area contributed by atoms with Gasteiger partial charge in [0.15, 0.2) is 0 Å². The molecule has 0 radical (unpaired) electrons. The lowest BCUT2D eigenvalue weighted by molar-refractivity contribution is -0.137. The number of rotatable bonds is 4. The number of ether oxygens (including phenoxy) is 1. The molecule has 4 nitrogen and oxygen atoms in total. The van der Waals surface area contributed by atoms with E-state index < -0.39 is 11.4 Å². The van der Waals surface area contributed by atoms with Gasteiger partial charge in [-0.2, -0.15) is 0 Å². The van der Waals surface area contributed by atoms with E-state index in [1.54, 1.807) is 19.2 Å². The van der Waals surface area contributed by atoms with E-state index in [0.29, 0.717) is 11.3 Å². The SMILES string of the molecule is COc1cc(C2(CC(=O)O)CC2)c(O)cc1C. The van der Waals surface area contributed by atoms with Crippen molar-refractivity contribution >= 4 is 5.97 Å². The number of aliphatic carboxylic acids is 1. The molecule has 4 heteroatoms. The van der Waals surface area contributed by atoms with E-state index in [1.807, 2.05) is 6.92 Å². The van der Waals surface area contributed by atoms with Gasteiger partial charge in [0, 0.05) is 11.0 Å². The Balaban J connectivity index is 2.42. The Morgan fingerprint density at radius 2 is 2.12 bits per heavy atom. The number of hydrogen-bond acceptors (Lipinski definition) is 3. The molecule has 0 aromatic heterocycles. The van der Waals surface area contributed by atoms with Crippen molar-refractivity contribution in [3.8, 4) is 11.5 Å².